The van der Waals surface area contributed by atoms with E-state index in [2.05, 4.69) is 32.9 Å². The van der Waals surface area contributed by atoms with Crippen molar-refractivity contribution in [1.82, 2.24) is 4.90 Å². The molecule has 0 bridgehead atoms. The Balaban J connectivity index is 2.11. The van der Waals surface area contributed by atoms with Crippen molar-refractivity contribution in [2.24, 2.45) is 0 Å². The first-order valence-corrected chi connectivity index (χ1v) is 6.89. The van der Waals surface area contributed by atoms with Crippen molar-refractivity contribution in [2.45, 2.75) is 39.2 Å². The zero-order valence-corrected chi connectivity index (χ0v) is 12.3. The van der Waals surface area contributed by atoms with E-state index in [4.69, 9.17) is 4.74 Å². The van der Waals surface area contributed by atoms with Gasteiger partial charge in [-0.15, -0.1) is 0 Å². The molecule has 0 aliphatic carbocycles. The van der Waals surface area contributed by atoms with E-state index in [1.165, 1.54) is 5.56 Å². The minimum atomic E-state index is 0.107. The molecule has 0 aromatic heterocycles. The van der Waals surface area contributed by atoms with Crippen LogP contribution in [0.5, 0.6) is 0 Å². The van der Waals surface area contributed by atoms with Crippen molar-refractivity contribution in [3.63, 3.8) is 0 Å². The number of rotatable bonds is 1. The average molecular weight is 261 g/mol. The minimum absolute atomic E-state index is 0.107. The maximum Gasteiger partial charge on any atom is 0.254 e. The first-order chi connectivity index (χ1) is 8.88. The Hall–Kier alpha value is -1.35. The van der Waals surface area contributed by atoms with Crippen molar-refractivity contribution in [3.8, 4) is 0 Å². The summed E-state index contributed by atoms with van der Waals surface area (Å²) in [5.74, 6) is 0.107. The highest BCUT2D eigenvalue weighted by Crippen LogP contribution is 2.22. The molecule has 1 atom stereocenters. The SMILES string of the molecule is CC1CN(C(=O)c2ccc(C(C)(C)C)cc2)CCO1. The van der Waals surface area contributed by atoms with Crippen LogP contribution in [0.4, 0.5) is 0 Å². The molecule has 19 heavy (non-hydrogen) atoms. The van der Waals surface area contributed by atoms with Crippen LogP contribution >= 0.6 is 0 Å². The first-order valence-electron chi connectivity index (χ1n) is 6.89. The summed E-state index contributed by atoms with van der Waals surface area (Å²) >= 11 is 0. The van der Waals surface area contributed by atoms with Gasteiger partial charge in [-0.05, 0) is 30.0 Å². The second-order valence-electron chi connectivity index (χ2n) is 6.26. The fourth-order valence-electron chi connectivity index (χ4n) is 2.30. The summed E-state index contributed by atoms with van der Waals surface area (Å²) in [4.78, 5) is 14.3. The summed E-state index contributed by atoms with van der Waals surface area (Å²) in [5, 5.41) is 0. The van der Waals surface area contributed by atoms with E-state index < -0.39 is 0 Å². The van der Waals surface area contributed by atoms with Gasteiger partial charge in [0.05, 0.1) is 12.7 Å². The van der Waals surface area contributed by atoms with Crippen LogP contribution in [0.2, 0.25) is 0 Å². The number of morpholine rings is 1. The van der Waals surface area contributed by atoms with Crippen LogP contribution in [0.1, 0.15) is 43.6 Å². The number of nitrogens with zero attached hydrogens (tertiary/aromatic N) is 1. The lowest BCUT2D eigenvalue weighted by atomic mass is 9.86. The van der Waals surface area contributed by atoms with E-state index >= 15 is 0 Å². The number of hydrogen-bond donors (Lipinski definition) is 0. The molecule has 2 rings (SSSR count). The molecule has 1 aliphatic rings. The minimum Gasteiger partial charge on any atom is -0.375 e. The topological polar surface area (TPSA) is 29.5 Å². The number of carbonyl (C=O) groups excluding carboxylic acids is 1. The molecule has 0 saturated carbocycles. The third-order valence-electron chi connectivity index (χ3n) is 3.53. The van der Waals surface area contributed by atoms with Gasteiger partial charge in [0.25, 0.3) is 5.91 Å². The van der Waals surface area contributed by atoms with Crippen LogP contribution in [-0.4, -0.2) is 36.6 Å². The first kappa shape index (κ1) is 14.1. The third-order valence-corrected chi connectivity index (χ3v) is 3.53. The Morgan fingerprint density at radius 1 is 1.26 bits per heavy atom. The average Bonchev–Trinajstić information content (AvgIpc) is 2.37. The largest absolute Gasteiger partial charge is 0.375 e. The van der Waals surface area contributed by atoms with Crippen LogP contribution in [-0.2, 0) is 10.2 Å². The van der Waals surface area contributed by atoms with Gasteiger partial charge in [0.1, 0.15) is 0 Å². The molecule has 1 saturated heterocycles. The van der Waals surface area contributed by atoms with E-state index in [0.29, 0.717) is 19.7 Å². The van der Waals surface area contributed by atoms with Gasteiger partial charge in [0, 0.05) is 18.7 Å². The van der Waals surface area contributed by atoms with E-state index in [1.54, 1.807) is 0 Å². The highest BCUT2D eigenvalue weighted by Gasteiger charge is 2.22. The van der Waals surface area contributed by atoms with Gasteiger partial charge in [0.15, 0.2) is 0 Å². The summed E-state index contributed by atoms with van der Waals surface area (Å²) in [7, 11) is 0. The molecule has 1 aromatic carbocycles. The molecule has 3 nitrogen and oxygen atoms in total. The van der Waals surface area contributed by atoms with Gasteiger partial charge < -0.3 is 9.64 Å². The van der Waals surface area contributed by atoms with Gasteiger partial charge in [-0.25, -0.2) is 0 Å². The van der Waals surface area contributed by atoms with Crippen LogP contribution in [0.3, 0.4) is 0 Å². The lowest BCUT2D eigenvalue weighted by molar-refractivity contribution is -0.0124. The number of ether oxygens (including phenoxy) is 1. The molecule has 1 fully saturated rings. The zero-order valence-electron chi connectivity index (χ0n) is 12.3. The van der Waals surface area contributed by atoms with Gasteiger partial charge in [-0.2, -0.15) is 0 Å². The zero-order chi connectivity index (χ0) is 14.0. The van der Waals surface area contributed by atoms with Gasteiger partial charge in [-0.1, -0.05) is 32.9 Å². The van der Waals surface area contributed by atoms with Gasteiger partial charge in [-0.3, -0.25) is 4.79 Å². The molecule has 0 N–H and O–H groups in total. The van der Waals surface area contributed by atoms with Crippen LogP contribution in [0.15, 0.2) is 24.3 Å². The maximum absolute atomic E-state index is 12.4. The third kappa shape index (κ3) is 3.35. The molecule has 0 radical (unpaired) electrons. The Morgan fingerprint density at radius 3 is 2.42 bits per heavy atom. The van der Waals surface area contributed by atoms with Gasteiger partial charge in [0.2, 0.25) is 0 Å². The van der Waals surface area contributed by atoms with Crippen molar-refractivity contribution >= 4 is 5.91 Å². The normalized spacial score (nSPS) is 20.4. The molecule has 1 heterocycles. The van der Waals surface area contributed by atoms with Crippen LogP contribution in [0.25, 0.3) is 0 Å². The van der Waals surface area contributed by atoms with E-state index in [0.717, 1.165) is 5.56 Å². The summed E-state index contributed by atoms with van der Waals surface area (Å²) in [6, 6.07) is 7.97. The highest BCUT2D eigenvalue weighted by atomic mass is 16.5. The molecule has 104 valence electrons. The predicted octanol–water partition coefficient (Wildman–Crippen LogP) is 2.85. The Morgan fingerprint density at radius 2 is 1.89 bits per heavy atom. The maximum atomic E-state index is 12.4. The summed E-state index contributed by atoms with van der Waals surface area (Å²) in [6.45, 7) is 10.5. The quantitative estimate of drug-likeness (QED) is 0.778. The van der Waals surface area contributed by atoms with Crippen LogP contribution < -0.4 is 0 Å². The molecule has 1 amide bonds. The summed E-state index contributed by atoms with van der Waals surface area (Å²) < 4.78 is 5.46. The fourth-order valence-corrected chi connectivity index (χ4v) is 2.30. The molecular formula is C16H23NO2. The molecule has 3 heteroatoms. The molecule has 1 aromatic rings. The standard InChI is InChI=1S/C16H23NO2/c1-12-11-17(9-10-19-12)15(18)13-5-7-14(8-6-13)16(2,3)4/h5-8,12H,9-11H2,1-4H3. The molecule has 1 aliphatic heterocycles. The number of benzene rings is 1. The predicted molar refractivity (Wildman–Crippen MR) is 76.5 cm³/mol. The highest BCUT2D eigenvalue weighted by molar-refractivity contribution is 5.94. The van der Waals surface area contributed by atoms with E-state index in [1.807, 2.05) is 24.0 Å². The number of amides is 1. The smallest absolute Gasteiger partial charge is 0.254 e. The van der Waals surface area contributed by atoms with Crippen molar-refractivity contribution in [3.05, 3.63) is 35.4 Å². The van der Waals surface area contributed by atoms with Crippen molar-refractivity contribution in [1.29, 1.82) is 0 Å². The summed E-state index contributed by atoms with van der Waals surface area (Å²) in [6.07, 6.45) is 0.131. The van der Waals surface area contributed by atoms with E-state index in [-0.39, 0.29) is 17.4 Å². The second-order valence-corrected chi connectivity index (χ2v) is 6.26. The Labute approximate surface area is 115 Å². The monoisotopic (exact) mass is 261 g/mol. The molecule has 1 unspecified atom stereocenters. The van der Waals surface area contributed by atoms with Crippen molar-refractivity contribution in [2.75, 3.05) is 19.7 Å². The second kappa shape index (κ2) is 5.33. The lowest BCUT2D eigenvalue weighted by Gasteiger charge is -2.31. The number of hydrogen-bond acceptors (Lipinski definition) is 2. The molecular weight excluding hydrogens is 238 g/mol. The lowest BCUT2D eigenvalue weighted by Crippen LogP contribution is -2.44. The number of carbonyl (C=O) groups is 1. The summed E-state index contributed by atoms with van der Waals surface area (Å²) in [5.41, 5.74) is 2.14. The Kier molecular flexibility index (Phi) is 3.95. The van der Waals surface area contributed by atoms with Crippen molar-refractivity contribution < 1.29 is 9.53 Å². The fraction of sp³-hybridized carbons (Fsp3) is 0.562. The Bertz CT molecular complexity index is 445. The van der Waals surface area contributed by atoms with Crippen LogP contribution in [0, 0.1) is 0 Å². The van der Waals surface area contributed by atoms with E-state index in [9.17, 15) is 4.79 Å². The van der Waals surface area contributed by atoms with Gasteiger partial charge >= 0.3 is 0 Å². The molecule has 0 spiro atoms.